The molecule has 21 heavy (non-hydrogen) atoms. The molecule has 0 spiro atoms. The number of halogens is 1. The minimum absolute atomic E-state index is 0.761. The number of thiazole rings is 1. The molecule has 0 saturated heterocycles. The summed E-state index contributed by atoms with van der Waals surface area (Å²) in [5.74, 6) is 0. The molecule has 0 amide bonds. The molecule has 0 saturated carbocycles. The highest BCUT2D eigenvalue weighted by atomic mass is 35.5. The van der Waals surface area contributed by atoms with Gasteiger partial charge in [-0.05, 0) is 48.4 Å². The molecule has 106 valence electrons. The van der Waals surface area contributed by atoms with E-state index in [9.17, 15) is 0 Å². The van der Waals surface area contributed by atoms with Crippen LogP contribution in [-0.2, 0) is 6.54 Å². The van der Waals surface area contributed by atoms with Gasteiger partial charge in [-0.15, -0.1) is 11.3 Å². The summed E-state index contributed by atoms with van der Waals surface area (Å²) in [5, 5.41) is 7.25. The van der Waals surface area contributed by atoms with Crippen molar-refractivity contribution in [3.05, 3.63) is 70.2 Å². The Morgan fingerprint density at radius 3 is 2.62 bits per heavy atom. The van der Waals surface area contributed by atoms with E-state index in [1.807, 2.05) is 30.6 Å². The molecule has 2 aromatic carbocycles. The van der Waals surface area contributed by atoms with Gasteiger partial charge in [0.1, 0.15) is 5.01 Å². The maximum absolute atomic E-state index is 6.14. The maximum atomic E-state index is 6.14. The van der Waals surface area contributed by atoms with Crippen LogP contribution in [0.3, 0.4) is 0 Å². The first-order chi connectivity index (χ1) is 10.2. The highest BCUT2D eigenvalue weighted by molar-refractivity contribution is 7.13. The summed E-state index contributed by atoms with van der Waals surface area (Å²) in [6, 6.07) is 14.5. The van der Waals surface area contributed by atoms with Gasteiger partial charge in [0.05, 0.1) is 0 Å². The zero-order chi connectivity index (χ0) is 14.7. The monoisotopic (exact) mass is 314 g/mol. The Morgan fingerprint density at radius 1 is 1.14 bits per heavy atom. The van der Waals surface area contributed by atoms with Crippen molar-refractivity contribution in [2.45, 2.75) is 13.5 Å². The van der Waals surface area contributed by atoms with Crippen molar-refractivity contribution in [3.63, 3.8) is 0 Å². The van der Waals surface area contributed by atoms with Crippen molar-refractivity contribution < 1.29 is 0 Å². The molecular formula is C17H15ClN2S. The van der Waals surface area contributed by atoms with Gasteiger partial charge < -0.3 is 5.32 Å². The summed E-state index contributed by atoms with van der Waals surface area (Å²) >= 11 is 7.79. The largest absolute Gasteiger partial charge is 0.381 e. The van der Waals surface area contributed by atoms with E-state index >= 15 is 0 Å². The van der Waals surface area contributed by atoms with Gasteiger partial charge >= 0.3 is 0 Å². The number of rotatable bonds is 4. The number of anilines is 1. The number of benzene rings is 2. The van der Waals surface area contributed by atoms with Crippen molar-refractivity contribution in [3.8, 4) is 10.6 Å². The van der Waals surface area contributed by atoms with Gasteiger partial charge in [0.25, 0.3) is 0 Å². The first-order valence-electron chi connectivity index (χ1n) is 6.71. The molecule has 2 nitrogen and oxygen atoms in total. The predicted octanol–water partition coefficient (Wildman–Crippen LogP) is 5.38. The standard InChI is InChI=1S/C17H15ClN2S/c1-12-2-3-13(10-16(12)18)11-20-15-6-4-14(5-7-15)17-19-8-9-21-17/h2-10,20H,11H2,1H3. The maximum Gasteiger partial charge on any atom is 0.123 e. The van der Waals surface area contributed by atoms with Gasteiger partial charge in [-0.3, -0.25) is 0 Å². The highest BCUT2D eigenvalue weighted by Gasteiger charge is 2.01. The summed E-state index contributed by atoms with van der Waals surface area (Å²) < 4.78 is 0. The van der Waals surface area contributed by atoms with Crippen molar-refractivity contribution in [1.29, 1.82) is 0 Å². The molecule has 3 aromatic rings. The second kappa shape index (κ2) is 6.29. The van der Waals surface area contributed by atoms with Crippen LogP contribution < -0.4 is 5.32 Å². The summed E-state index contributed by atoms with van der Waals surface area (Å²) in [4.78, 5) is 4.31. The average molecular weight is 315 g/mol. The number of hydrogen-bond acceptors (Lipinski definition) is 3. The fourth-order valence-electron chi connectivity index (χ4n) is 2.05. The van der Waals surface area contributed by atoms with Gasteiger partial charge in [0.2, 0.25) is 0 Å². The van der Waals surface area contributed by atoms with Crippen molar-refractivity contribution in [2.24, 2.45) is 0 Å². The summed E-state index contributed by atoms with van der Waals surface area (Å²) in [6.45, 7) is 2.77. The van der Waals surface area contributed by atoms with E-state index in [1.165, 1.54) is 5.56 Å². The van der Waals surface area contributed by atoms with E-state index in [2.05, 4.69) is 40.6 Å². The number of aromatic nitrogens is 1. The van der Waals surface area contributed by atoms with Crippen LogP contribution in [0, 0.1) is 6.92 Å². The lowest BCUT2D eigenvalue weighted by atomic mass is 10.1. The van der Waals surface area contributed by atoms with Crippen LogP contribution >= 0.6 is 22.9 Å². The topological polar surface area (TPSA) is 24.9 Å². The Kier molecular flexibility index (Phi) is 4.23. The molecule has 0 radical (unpaired) electrons. The highest BCUT2D eigenvalue weighted by Crippen LogP contribution is 2.23. The number of aryl methyl sites for hydroxylation is 1. The normalized spacial score (nSPS) is 10.6. The van der Waals surface area contributed by atoms with E-state index in [0.717, 1.165) is 33.4 Å². The fraction of sp³-hybridized carbons (Fsp3) is 0.118. The summed E-state index contributed by atoms with van der Waals surface area (Å²) in [5.41, 5.74) is 4.52. The van der Waals surface area contributed by atoms with Crippen LogP contribution in [0.2, 0.25) is 5.02 Å². The molecule has 0 fully saturated rings. The minimum atomic E-state index is 0.761. The molecule has 1 aromatic heterocycles. The molecule has 1 N–H and O–H groups in total. The first-order valence-corrected chi connectivity index (χ1v) is 7.97. The smallest absolute Gasteiger partial charge is 0.123 e. The average Bonchev–Trinajstić information content (AvgIpc) is 3.03. The van der Waals surface area contributed by atoms with Gasteiger partial charge in [0, 0.05) is 34.4 Å². The first kappa shape index (κ1) is 14.1. The molecule has 1 heterocycles. The Morgan fingerprint density at radius 2 is 1.95 bits per heavy atom. The van der Waals surface area contributed by atoms with Crippen molar-refractivity contribution in [1.82, 2.24) is 4.98 Å². The van der Waals surface area contributed by atoms with Gasteiger partial charge in [-0.1, -0.05) is 23.7 Å². The van der Waals surface area contributed by atoms with Gasteiger partial charge in [0.15, 0.2) is 0 Å². The molecule has 0 bridgehead atoms. The van der Waals surface area contributed by atoms with Crippen LogP contribution in [0.25, 0.3) is 10.6 Å². The Balaban J connectivity index is 1.66. The zero-order valence-corrected chi connectivity index (χ0v) is 13.2. The summed E-state index contributed by atoms with van der Waals surface area (Å²) in [7, 11) is 0. The number of hydrogen-bond donors (Lipinski definition) is 1. The van der Waals surface area contributed by atoms with E-state index < -0.39 is 0 Å². The Hall–Kier alpha value is -1.84. The van der Waals surface area contributed by atoms with Crippen molar-refractivity contribution in [2.75, 3.05) is 5.32 Å². The third-order valence-corrected chi connectivity index (χ3v) is 4.53. The molecule has 0 atom stereocenters. The number of nitrogens with one attached hydrogen (secondary N) is 1. The fourth-order valence-corrected chi connectivity index (χ4v) is 2.89. The predicted molar refractivity (Wildman–Crippen MR) is 91.1 cm³/mol. The van der Waals surface area contributed by atoms with Crippen LogP contribution in [0.1, 0.15) is 11.1 Å². The summed E-state index contributed by atoms with van der Waals surface area (Å²) in [6.07, 6.45) is 1.83. The third kappa shape index (κ3) is 3.43. The van der Waals surface area contributed by atoms with E-state index in [-0.39, 0.29) is 0 Å². The second-order valence-corrected chi connectivity index (χ2v) is 6.15. The molecule has 3 rings (SSSR count). The molecule has 0 aliphatic heterocycles. The third-order valence-electron chi connectivity index (χ3n) is 3.30. The lowest BCUT2D eigenvalue weighted by Crippen LogP contribution is -1.99. The Labute approximate surface area is 133 Å². The van der Waals surface area contributed by atoms with Gasteiger partial charge in [-0.2, -0.15) is 0 Å². The van der Waals surface area contributed by atoms with Gasteiger partial charge in [-0.25, -0.2) is 4.98 Å². The lowest BCUT2D eigenvalue weighted by Gasteiger charge is -2.08. The van der Waals surface area contributed by atoms with Crippen LogP contribution in [-0.4, -0.2) is 4.98 Å². The zero-order valence-electron chi connectivity index (χ0n) is 11.6. The quantitative estimate of drug-likeness (QED) is 0.699. The lowest BCUT2D eigenvalue weighted by molar-refractivity contribution is 1.14. The van der Waals surface area contributed by atoms with Crippen LogP contribution in [0.5, 0.6) is 0 Å². The minimum Gasteiger partial charge on any atom is -0.381 e. The SMILES string of the molecule is Cc1ccc(CNc2ccc(-c3nccs3)cc2)cc1Cl. The number of nitrogens with zero attached hydrogens (tertiary/aromatic N) is 1. The van der Waals surface area contributed by atoms with Crippen molar-refractivity contribution >= 4 is 28.6 Å². The van der Waals surface area contributed by atoms with Crippen LogP contribution in [0.4, 0.5) is 5.69 Å². The van der Waals surface area contributed by atoms with E-state index in [4.69, 9.17) is 11.6 Å². The van der Waals surface area contributed by atoms with Crippen LogP contribution in [0.15, 0.2) is 54.0 Å². The Bertz CT molecular complexity index is 721. The molecular weight excluding hydrogens is 300 g/mol. The van der Waals surface area contributed by atoms with E-state index in [1.54, 1.807) is 11.3 Å². The molecule has 0 aliphatic carbocycles. The molecule has 0 unspecified atom stereocenters. The molecule has 4 heteroatoms. The second-order valence-electron chi connectivity index (χ2n) is 4.85. The van der Waals surface area contributed by atoms with E-state index in [0.29, 0.717) is 0 Å². The molecule has 0 aliphatic rings.